The molecule has 1 atom stereocenters. The number of methoxy groups -OCH3 is 1. The SMILES string of the molecule is CCCCCCCCNCC(CN)OC. The van der Waals surface area contributed by atoms with Crippen LogP contribution in [0.3, 0.4) is 0 Å². The predicted molar refractivity (Wildman–Crippen MR) is 66.1 cm³/mol. The van der Waals surface area contributed by atoms with Crippen molar-refractivity contribution >= 4 is 0 Å². The van der Waals surface area contributed by atoms with E-state index in [0.29, 0.717) is 6.54 Å². The van der Waals surface area contributed by atoms with E-state index in [1.807, 2.05) is 0 Å². The molecule has 0 aliphatic heterocycles. The Morgan fingerprint density at radius 3 is 2.40 bits per heavy atom. The second-order valence-electron chi connectivity index (χ2n) is 4.07. The van der Waals surface area contributed by atoms with Crippen LogP contribution in [0.1, 0.15) is 45.4 Å². The van der Waals surface area contributed by atoms with Gasteiger partial charge in [-0.25, -0.2) is 0 Å². The molecule has 0 heterocycles. The van der Waals surface area contributed by atoms with Crippen LogP contribution in [-0.4, -0.2) is 32.8 Å². The van der Waals surface area contributed by atoms with Gasteiger partial charge in [-0.3, -0.25) is 0 Å². The lowest BCUT2D eigenvalue weighted by Gasteiger charge is -2.13. The fourth-order valence-corrected chi connectivity index (χ4v) is 1.56. The molecule has 0 aliphatic carbocycles. The first-order valence-electron chi connectivity index (χ1n) is 6.28. The first-order valence-corrected chi connectivity index (χ1v) is 6.28. The molecule has 15 heavy (non-hydrogen) atoms. The van der Waals surface area contributed by atoms with Gasteiger partial charge >= 0.3 is 0 Å². The van der Waals surface area contributed by atoms with Gasteiger partial charge in [-0.15, -0.1) is 0 Å². The fourth-order valence-electron chi connectivity index (χ4n) is 1.56. The monoisotopic (exact) mass is 216 g/mol. The highest BCUT2D eigenvalue weighted by Gasteiger charge is 2.02. The molecule has 0 saturated heterocycles. The molecule has 92 valence electrons. The number of nitrogens with one attached hydrogen (secondary N) is 1. The lowest BCUT2D eigenvalue weighted by Crippen LogP contribution is -2.34. The molecule has 0 saturated carbocycles. The van der Waals surface area contributed by atoms with Crippen molar-refractivity contribution in [3.05, 3.63) is 0 Å². The Labute approximate surface area is 94.8 Å². The molecule has 3 nitrogen and oxygen atoms in total. The van der Waals surface area contributed by atoms with E-state index < -0.39 is 0 Å². The fraction of sp³-hybridized carbons (Fsp3) is 1.00. The predicted octanol–water partition coefficient (Wildman–Crippen LogP) is 1.91. The highest BCUT2D eigenvalue weighted by molar-refractivity contribution is 4.61. The molecular weight excluding hydrogens is 188 g/mol. The average Bonchev–Trinajstić information content (AvgIpc) is 2.27. The zero-order chi connectivity index (χ0) is 11.4. The third-order valence-corrected chi connectivity index (χ3v) is 2.68. The average molecular weight is 216 g/mol. The zero-order valence-corrected chi connectivity index (χ0v) is 10.4. The van der Waals surface area contributed by atoms with Gasteiger partial charge in [-0.2, -0.15) is 0 Å². The third kappa shape index (κ3) is 10.2. The van der Waals surface area contributed by atoms with Gasteiger partial charge in [0.2, 0.25) is 0 Å². The quantitative estimate of drug-likeness (QED) is 0.519. The van der Waals surface area contributed by atoms with E-state index in [9.17, 15) is 0 Å². The highest BCUT2D eigenvalue weighted by Crippen LogP contribution is 2.03. The van der Waals surface area contributed by atoms with Crippen molar-refractivity contribution < 1.29 is 4.74 Å². The molecule has 0 aromatic rings. The summed E-state index contributed by atoms with van der Waals surface area (Å²) in [5.41, 5.74) is 5.51. The van der Waals surface area contributed by atoms with Crippen LogP contribution < -0.4 is 11.1 Å². The van der Waals surface area contributed by atoms with Crippen LogP contribution in [0, 0.1) is 0 Å². The van der Waals surface area contributed by atoms with Crippen LogP contribution >= 0.6 is 0 Å². The van der Waals surface area contributed by atoms with Crippen molar-refractivity contribution in [2.45, 2.75) is 51.6 Å². The molecule has 0 aromatic carbocycles. The van der Waals surface area contributed by atoms with Crippen molar-refractivity contribution in [1.29, 1.82) is 0 Å². The number of unbranched alkanes of at least 4 members (excludes halogenated alkanes) is 5. The molecule has 0 bridgehead atoms. The number of hydrogen-bond donors (Lipinski definition) is 2. The van der Waals surface area contributed by atoms with Gasteiger partial charge in [0.1, 0.15) is 0 Å². The standard InChI is InChI=1S/C12H28N2O/c1-3-4-5-6-7-8-9-14-11-12(10-13)15-2/h12,14H,3-11,13H2,1-2H3. The van der Waals surface area contributed by atoms with Gasteiger partial charge in [-0.1, -0.05) is 39.0 Å². The van der Waals surface area contributed by atoms with Gasteiger partial charge in [0, 0.05) is 20.2 Å². The Morgan fingerprint density at radius 1 is 1.13 bits per heavy atom. The largest absolute Gasteiger partial charge is 0.379 e. The molecule has 3 N–H and O–H groups in total. The highest BCUT2D eigenvalue weighted by atomic mass is 16.5. The maximum Gasteiger partial charge on any atom is 0.0817 e. The van der Waals surface area contributed by atoms with Crippen molar-refractivity contribution in [1.82, 2.24) is 5.32 Å². The Bertz CT molecular complexity index is 116. The molecule has 0 rings (SSSR count). The summed E-state index contributed by atoms with van der Waals surface area (Å²) >= 11 is 0. The molecule has 1 unspecified atom stereocenters. The molecule has 0 fully saturated rings. The van der Waals surface area contributed by atoms with Gasteiger partial charge in [0.15, 0.2) is 0 Å². The normalized spacial score (nSPS) is 13.0. The topological polar surface area (TPSA) is 47.3 Å². The van der Waals surface area contributed by atoms with Crippen LogP contribution in [0.5, 0.6) is 0 Å². The van der Waals surface area contributed by atoms with Gasteiger partial charge in [0.25, 0.3) is 0 Å². The van der Waals surface area contributed by atoms with Crippen molar-refractivity contribution in [2.24, 2.45) is 5.73 Å². The summed E-state index contributed by atoms with van der Waals surface area (Å²) in [4.78, 5) is 0. The van der Waals surface area contributed by atoms with Crippen LogP contribution in [-0.2, 0) is 4.74 Å². The minimum absolute atomic E-state index is 0.171. The Balaban J connectivity index is 3.04. The van der Waals surface area contributed by atoms with Gasteiger partial charge in [0.05, 0.1) is 6.10 Å². The van der Waals surface area contributed by atoms with E-state index >= 15 is 0 Å². The summed E-state index contributed by atoms with van der Waals surface area (Å²) in [6.45, 7) is 4.81. The van der Waals surface area contributed by atoms with E-state index in [-0.39, 0.29) is 6.10 Å². The second-order valence-corrected chi connectivity index (χ2v) is 4.07. The van der Waals surface area contributed by atoms with Crippen LogP contribution in [0.15, 0.2) is 0 Å². The minimum atomic E-state index is 0.171. The lowest BCUT2D eigenvalue weighted by atomic mass is 10.1. The van der Waals surface area contributed by atoms with E-state index in [0.717, 1.165) is 13.1 Å². The second kappa shape index (κ2) is 12.0. The smallest absolute Gasteiger partial charge is 0.0817 e. The number of hydrogen-bond acceptors (Lipinski definition) is 3. The molecule has 0 spiro atoms. The van der Waals surface area contributed by atoms with Crippen molar-refractivity contribution in [3.8, 4) is 0 Å². The molecule has 0 aromatic heterocycles. The first-order chi connectivity index (χ1) is 7.35. The van der Waals surface area contributed by atoms with Crippen molar-refractivity contribution in [2.75, 3.05) is 26.7 Å². The molecular formula is C12H28N2O. The molecule has 0 radical (unpaired) electrons. The Morgan fingerprint density at radius 2 is 1.80 bits per heavy atom. The summed E-state index contributed by atoms with van der Waals surface area (Å²) in [6.07, 6.45) is 8.25. The van der Waals surface area contributed by atoms with Crippen molar-refractivity contribution in [3.63, 3.8) is 0 Å². The van der Waals surface area contributed by atoms with E-state index in [1.165, 1.54) is 38.5 Å². The molecule has 0 aliphatic rings. The maximum absolute atomic E-state index is 5.51. The van der Waals surface area contributed by atoms with Gasteiger partial charge < -0.3 is 15.8 Å². The summed E-state index contributed by atoms with van der Waals surface area (Å²) in [5, 5.41) is 3.37. The Kier molecular flexibility index (Phi) is 11.9. The molecule has 0 amide bonds. The summed E-state index contributed by atoms with van der Waals surface area (Å²) in [5.74, 6) is 0. The number of ether oxygens (including phenoxy) is 1. The summed E-state index contributed by atoms with van der Waals surface area (Å²) < 4.78 is 5.17. The van der Waals surface area contributed by atoms with E-state index in [4.69, 9.17) is 10.5 Å². The Hall–Kier alpha value is -0.120. The summed E-state index contributed by atoms with van der Waals surface area (Å²) in [6, 6.07) is 0. The van der Waals surface area contributed by atoms with Crippen LogP contribution in [0.4, 0.5) is 0 Å². The number of nitrogens with two attached hydrogens (primary N) is 1. The van der Waals surface area contributed by atoms with Crippen LogP contribution in [0.2, 0.25) is 0 Å². The first kappa shape index (κ1) is 14.9. The molecule has 3 heteroatoms. The van der Waals surface area contributed by atoms with E-state index in [2.05, 4.69) is 12.2 Å². The lowest BCUT2D eigenvalue weighted by molar-refractivity contribution is 0.108. The third-order valence-electron chi connectivity index (χ3n) is 2.68. The minimum Gasteiger partial charge on any atom is -0.379 e. The van der Waals surface area contributed by atoms with E-state index in [1.54, 1.807) is 7.11 Å². The zero-order valence-electron chi connectivity index (χ0n) is 10.4. The van der Waals surface area contributed by atoms with Crippen LogP contribution in [0.25, 0.3) is 0 Å². The maximum atomic E-state index is 5.51. The van der Waals surface area contributed by atoms with Gasteiger partial charge in [-0.05, 0) is 13.0 Å². The summed E-state index contributed by atoms with van der Waals surface area (Å²) in [7, 11) is 1.71. The number of rotatable bonds is 11.